The Morgan fingerprint density at radius 2 is 1.05 bits per heavy atom. The molecule has 172 valence electrons. The first-order valence-corrected chi connectivity index (χ1v) is 12.5. The number of rotatable bonds is 1. The maximum Gasteiger partial charge on any atom is 0.146 e. The van der Waals surface area contributed by atoms with Gasteiger partial charge in [0, 0.05) is 43.4 Å². The van der Waals surface area contributed by atoms with Crippen LogP contribution in [0, 0.1) is 0 Å². The maximum absolute atomic E-state index is 6.72. The molecule has 0 aliphatic heterocycles. The van der Waals surface area contributed by atoms with Crippen molar-refractivity contribution in [2.75, 3.05) is 0 Å². The van der Waals surface area contributed by atoms with E-state index in [9.17, 15) is 0 Å². The smallest absolute Gasteiger partial charge is 0.146 e. The minimum absolute atomic E-state index is 0.891. The standard InChI is InChI=1S/C34H19NO2/c1-2-10-20(11-3-1)35-25-15-7-4-12-21(25)32-33(35)24-18-19-28-29(22-13-5-8-16-26(22)36-28)30(24)31-23-14-6-9-17-27(23)37-34(31)32/h1-19H. The molecule has 9 rings (SSSR count). The zero-order chi connectivity index (χ0) is 24.1. The van der Waals surface area contributed by atoms with Crippen LogP contribution in [0.25, 0.3) is 82.1 Å². The van der Waals surface area contributed by atoms with Crippen LogP contribution < -0.4 is 0 Å². The van der Waals surface area contributed by atoms with Crippen LogP contribution in [0.5, 0.6) is 0 Å². The highest BCUT2D eigenvalue weighted by molar-refractivity contribution is 6.40. The predicted molar refractivity (Wildman–Crippen MR) is 153 cm³/mol. The summed E-state index contributed by atoms with van der Waals surface area (Å²) in [6, 6.07) is 40.3. The van der Waals surface area contributed by atoms with Gasteiger partial charge in [-0.1, -0.05) is 72.8 Å². The molecule has 0 aliphatic carbocycles. The number of nitrogens with zero attached hydrogens (tertiary/aromatic N) is 1. The summed E-state index contributed by atoms with van der Waals surface area (Å²) in [6.07, 6.45) is 0. The van der Waals surface area contributed by atoms with Crippen molar-refractivity contribution in [1.82, 2.24) is 4.57 Å². The molecule has 37 heavy (non-hydrogen) atoms. The summed E-state index contributed by atoms with van der Waals surface area (Å²) in [5, 5.41) is 9.22. The average molecular weight is 474 g/mol. The minimum atomic E-state index is 0.891. The Balaban J connectivity index is 1.70. The Bertz CT molecular complexity index is 2350. The largest absolute Gasteiger partial charge is 0.456 e. The van der Waals surface area contributed by atoms with E-state index in [4.69, 9.17) is 8.83 Å². The lowest BCUT2D eigenvalue weighted by Gasteiger charge is -2.11. The highest BCUT2D eigenvalue weighted by Crippen LogP contribution is 2.48. The van der Waals surface area contributed by atoms with Gasteiger partial charge >= 0.3 is 0 Å². The lowest BCUT2D eigenvalue weighted by Crippen LogP contribution is -1.94. The van der Waals surface area contributed by atoms with Crippen LogP contribution in [0.15, 0.2) is 124 Å². The van der Waals surface area contributed by atoms with Crippen LogP contribution in [0.4, 0.5) is 0 Å². The Kier molecular flexibility index (Phi) is 3.53. The first-order valence-electron chi connectivity index (χ1n) is 12.5. The Morgan fingerprint density at radius 3 is 1.86 bits per heavy atom. The fourth-order valence-corrected chi connectivity index (χ4v) is 6.31. The van der Waals surface area contributed by atoms with Gasteiger partial charge in [0.15, 0.2) is 0 Å². The number of hydrogen-bond donors (Lipinski definition) is 0. The van der Waals surface area contributed by atoms with Crippen molar-refractivity contribution in [3.05, 3.63) is 115 Å². The molecule has 0 N–H and O–H groups in total. The summed E-state index contributed by atoms with van der Waals surface area (Å²) in [4.78, 5) is 0. The van der Waals surface area contributed by atoms with Crippen LogP contribution in [0.3, 0.4) is 0 Å². The van der Waals surface area contributed by atoms with Gasteiger partial charge < -0.3 is 13.4 Å². The molecule has 9 aromatic rings. The fourth-order valence-electron chi connectivity index (χ4n) is 6.31. The average Bonchev–Trinajstić information content (AvgIpc) is 3.63. The second-order valence-corrected chi connectivity index (χ2v) is 9.67. The normalized spacial score (nSPS) is 12.3. The Morgan fingerprint density at radius 1 is 0.405 bits per heavy atom. The van der Waals surface area contributed by atoms with E-state index in [0.717, 1.165) is 66.0 Å². The second kappa shape index (κ2) is 6.80. The predicted octanol–water partition coefficient (Wildman–Crippen LogP) is 9.74. The molecule has 0 bridgehead atoms. The van der Waals surface area contributed by atoms with Crippen molar-refractivity contribution in [2.45, 2.75) is 0 Å². The molecule has 0 saturated carbocycles. The van der Waals surface area contributed by atoms with E-state index in [0.29, 0.717) is 0 Å². The van der Waals surface area contributed by atoms with E-state index in [1.165, 1.54) is 16.2 Å². The van der Waals surface area contributed by atoms with Crippen molar-refractivity contribution in [2.24, 2.45) is 0 Å². The van der Waals surface area contributed by atoms with Crippen molar-refractivity contribution in [3.8, 4) is 5.69 Å². The van der Waals surface area contributed by atoms with Gasteiger partial charge in [-0.15, -0.1) is 0 Å². The van der Waals surface area contributed by atoms with Crippen LogP contribution in [-0.2, 0) is 0 Å². The molecule has 0 saturated heterocycles. The first-order chi connectivity index (χ1) is 18.4. The van der Waals surface area contributed by atoms with Crippen LogP contribution in [0.1, 0.15) is 0 Å². The molecule has 0 unspecified atom stereocenters. The number of fused-ring (bicyclic) bond motifs is 14. The molecule has 3 heterocycles. The van der Waals surface area contributed by atoms with Gasteiger partial charge in [-0.25, -0.2) is 0 Å². The van der Waals surface area contributed by atoms with Crippen LogP contribution in [0.2, 0.25) is 0 Å². The molecule has 3 heteroatoms. The van der Waals surface area contributed by atoms with E-state index in [-0.39, 0.29) is 0 Å². The van der Waals surface area contributed by atoms with E-state index < -0.39 is 0 Å². The lowest BCUT2D eigenvalue weighted by atomic mass is 9.95. The maximum atomic E-state index is 6.72. The van der Waals surface area contributed by atoms with E-state index >= 15 is 0 Å². The minimum Gasteiger partial charge on any atom is -0.456 e. The summed E-state index contributed by atoms with van der Waals surface area (Å²) in [7, 11) is 0. The molecular formula is C34H19NO2. The molecule has 0 aliphatic rings. The highest BCUT2D eigenvalue weighted by atomic mass is 16.3. The number of benzene rings is 6. The Hall–Kier alpha value is -5.02. The van der Waals surface area contributed by atoms with E-state index in [1.807, 2.05) is 18.2 Å². The third kappa shape index (κ3) is 2.36. The van der Waals surface area contributed by atoms with E-state index in [2.05, 4.69) is 102 Å². The summed E-state index contributed by atoms with van der Waals surface area (Å²) >= 11 is 0. The highest BCUT2D eigenvalue weighted by Gasteiger charge is 2.25. The summed E-state index contributed by atoms with van der Waals surface area (Å²) < 4.78 is 15.5. The Labute approximate surface area is 210 Å². The fraction of sp³-hybridized carbons (Fsp3) is 0. The third-order valence-corrected chi connectivity index (χ3v) is 7.76. The molecule has 3 nitrogen and oxygen atoms in total. The first kappa shape index (κ1) is 19.2. The van der Waals surface area contributed by atoms with Crippen molar-refractivity contribution in [3.63, 3.8) is 0 Å². The van der Waals surface area contributed by atoms with Gasteiger partial charge in [0.05, 0.1) is 16.4 Å². The van der Waals surface area contributed by atoms with Gasteiger partial charge in [-0.3, -0.25) is 0 Å². The topological polar surface area (TPSA) is 31.2 Å². The molecule has 0 spiro atoms. The molecule has 6 aromatic carbocycles. The summed E-state index contributed by atoms with van der Waals surface area (Å²) in [5.74, 6) is 0. The lowest BCUT2D eigenvalue weighted by molar-refractivity contribution is 0.669. The molecule has 0 fully saturated rings. The SMILES string of the molecule is c1ccc(-n2c3ccccc3c3c4oc5ccccc5c4c4c(ccc5oc6ccccc6c54)c32)cc1. The monoisotopic (exact) mass is 473 g/mol. The zero-order valence-electron chi connectivity index (χ0n) is 19.7. The van der Waals surface area contributed by atoms with E-state index in [1.54, 1.807) is 0 Å². The second-order valence-electron chi connectivity index (χ2n) is 9.67. The quantitative estimate of drug-likeness (QED) is 0.238. The molecule has 3 aromatic heterocycles. The van der Waals surface area contributed by atoms with Gasteiger partial charge in [-0.05, 0) is 42.5 Å². The van der Waals surface area contributed by atoms with Crippen molar-refractivity contribution in [1.29, 1.82) is 0 Å². The van der Waals surface area contributed by atoms with Gasteiger partial charge in [-0.2, -0.15) is 0 Å². The summed E-state index contributed by atoms with van der Waals surface area (Å²) in [5.41, 5.74) is 7.05. The number of para-hydroxylation sites is 4. The summed E-state index contributed by atoms with van der Waals surface area (Å²) in [6.45, 7) is 0. The molecular weight excluding hydrogens is 454 g/mol. The van der Waals surface area contributed by atoms with Gasteiger partial charge in [0.1, 0.15) is 22.3 Å². The van der Waals surface area contributed by atoms with Crippen molar-refractivity contribution < 1.29 is 8.83 Å². The van der Waals surface area contributed by atoms with Gasteiger partial charge in [0.25, 0.3) is 0 Å². The number of hydrogen-bond acceptors (Lipinski definition) is 2. The van der Waals surface area contributed by atoms with Crippen molar-refractivity contribution >= 4 is 76.5 Å². The number of furan rings is 2. The van der Waals surface area contributed by atoms with Crippen LogP contribution in [-0.4, -0.2) is 4.57 Å². The number of aromatic nitrogens is 1. The van der Waals surface area contributed by atoms with Gasteiger partial charge in [0.2, 0.25) is 0 Å². The molecule has 0 amide bonds. The van der Waals surface area contributed by atoms with Crippen LogP contribution >= 0.6 is 0 Å². The third-order valence-electron chi connectivity index (χ3n) is 7.76. The molecule has 0 radical (unpaired) electrons. The zero-order valence-corrected chi connectivity index (χ0v) is 19.7. The molecule has 0 atom stereocenters.